The molecule has 1 aliphatic rings. The zero-order chi connectivity index (χ0) is 20.5. The minimum Gasteiger partial charge on any atom is -0.465 e. The third-order valence-corrected chi connectivity index (χ3v) is 4.69. The highest BCUT2D eigenvalue weighted by molar-refractivity contribution is 7.46. The van der Waals surface area contributed by atoms with Crippen LogP contribution in [0, 0.1) is 0 Å². The number of unbranched alkanes of at least 4 members (excludes halogenated alkanes) is 1. The van der Waals surface area contributed by atoms with E-state index in [1.54, 1.807) is 0 Å². The Hall–Kier alpha value is -1.86. The van der Waals surface area contributed by atoms with E-state index in [4.69, 9.17) is 25.0 Å². The van der Waals surface area contributed by atoms with Gasteiger partial charge in [-0.25, -0.2) is 19.1 Å². The Kier molecular flexibility index (Phi) is 6.15. The van der Waals surface area contributed by atoms with Crippen molar-refractivity contribution in [3.8, 4) is 6.01 Å². The van der Waals surface area contributed by atoms with E-state index in [0.717, 1.165) is 12.8 Å². The molecule has 14 heteroatoms. The first-order chi connectivity index (χ1) is 13.2. The lowest BCUT2D eigenvalue weighted by Crippen LogP contribution is -2.33. The molecule has 3 rings (SSSR count). The van der Waals surface area contributed by atoms with Crippen LogP contribution in [0.2, 0.25) is 0 Å². The first-order valence-electron chi connectivity index (χ1n) is 8.55. The summed E-state index contributed by atoms with van der Waals surface area (Å²) in [4.78, 5) is 29.9. The number of nitrogen functional groups attached to an aromatic ring is 1. The first kappa shape index (κ1) is 20.9. The molecule has 0 spiro atoms. The molecule has 1 saturated heterocycles. The van der Waals surface area contributed by atoms with Crippen molar-refractivity contribution in [1.29, 1.82) is 0 Å². The molecule has 4 atom stereocenters. The summed E-state index contributed by atoms with van der Waals surface area (Å²) in [7, 11) is -4.77. The Bertz CT molecular complexity index is 873. The quantitative estimate of drug-likeness (QED) is 0.267. The van der Waals surface area contributed by atoms with E-state index < -0.39 is 39.0 Å². The molecule has 3 heterocycles. The fourth-order valence-electron chi connectivity index (χ4n) is 2.80. The molecule has 0 unspecified atom stereocenters. The third-order valence-electron chi connectivity index (χ3n) is 4.20. The highest BCUT2D eigenvalue weighted by atomic mass is 31.2. The van der Waals surface area contributed by atoms with Gasteiger partial charge in [0.05, 0.1) is 13.2 Å². The zero-order valence-corrected chi connectivity index (χ0v) is 15.8. The Morgan fingerprint density at radius 3 is 2.75 bits per heavy atom. The maximum Gasteiger partial charge on any atom is 0.469 e. The van der Waals surface area contributed by atoms with Gasteiger partial charge in [0.2, 0.25) is 0 Å². The highest BCUT2D eigenvalue weighted by Crippen LogP contribution is 2.40. The van der Waals surface area contributed by atoms with Gasteiger partial charge in [0.1, 0.15) is 24.6 Å². The second kappa shape index (κ2) is 8.25. The molecule has 6 N–H and O–H groups in total. The van der Waals surface area contributed by atoms with E-state index in [0.29, 0.717) is 6.61 Å². The van der Waals surface area contributed by atoms with Crippen LogP contribution in [0.5, 0.6) is 6.01 Å². The highest BCUT2D eigenvalue weighted by Gasteiger charge is 2.46. The molecule has 0 aliphatic carbocycles. The molecule has 0 radical (unpaired) electrons. The van der Waals surface area contributed by atoms with Gasteiger partial charge in [0, 0.05) is 0 Å². The van der Waals surface area contributed by atoms with Gasteiger partial charge in [-0.2, -0.15) is 4.98 Å². The number of anilines is 1. The van der Waals surface area contributed by atoms with Crippen LogP contribution in [-0.4, -0.2) is 71.0 Å². The zero-order valence-electron chi connectivity index (χ0n) is 15.0. The number of imidazole rings is 1. The molecular formula is C14H22N5O8P. The minimum absolute atomic E-state index is 0.0588. The van der Waals surface area contributed by atoms with E-state index in [2.05, 4.69) is 19.5 Å². The standard InChI is InChI=1S/C14H22N5O8P/c1-2-3-4-25-14-18-8-11(15)16-6-17-12(8)19(14)13-10(21)9(20)7(27-13)5-26-28(22,23)24/h6-7,9-10,13,20-21H,2-5H2,1H3,(H2,15,16,17)(H2,22,23,24)/t7-,9-,10-,13-/m1/s1. The SMILES string of the molecule is CCCCOc1nc2c(N)ncnc2n1[C@@H]1O[C@H](COP(=O)(O)O)[C@@H](O)[C@H]1O. The number of phosphoric ester groups is 1. The van der Waals surface area contributed by atoms with Gasteiger partial charge in [-0.15, -0.1) is 0 Å². The largest absolute Gasteiger partial charge is 0.469 e. The fraction of sp³-hybridized carbons (Fsp3) is 0.643. The molecule has 0 bridgehead atoms. The number of nitrogens with zero attached hydrogens (tertiary/aromatic N) is 4. The van der Waals surface area contributed by atoms with Crippen LogP contribution in [0.4, 0.5) is 5.82 Å². The molecule has 0 saturated carbocycles. The number of aliphatic hydroxyl groups excluding tert-OH is 2. The van der Waals surface area contributed by atoms with Crippen LogP contribution in [0.25, 0.3) is 11.2 Å². The third kappa shape index (κ3) is 4.25. The smallest absolute Gasteiger partial charge is 0.465 e. The van der Waals surface area contributed by atoms with Crippen molar-refractivity contribution in [2.24, 2.45) is 0 Å². The van der Waals surface area contributed by atoms with Crippen LogP contribution in [0.3, 0.4) is 0 Å². The van der Waals surface area contributed by atoms with E-state index in [9.17, 15) is 14.8 Å². The van der Waals surface area contributed by atoms with Gasteiger partial charge in [0.15, 0.2) is 23.2 Å². The summed E-state index contributed by atoms with van der Waals surface area (Å²) >= 11 is 0. The summed E-state index contributed by atoms with van der Waals surface area (Å²) < 4.78 is 27.9. The van der Waals surface area contributed by atoms with Crippen LogP contribution < -0.4 is 10.5 Å². The van der Waals surface area contributed by atoms with E-state index in [1.807, 2.05) is 6.92 Å². The number of hydrogen-bond acceptors (Lipinski definition) is 10. The number of fused-ring (bicyclic) bond motifs is 1. The molecule has 13 nitrogen and oxygen atoms in total. The summed E-state index contributed by atoms with van der Waals surface area (Å²) in [5.41, 5.74) is 6.28. The van der Waals surface area contributed by atoms with Gasteiger partial charge in [-0.05, 0) is 6.42 Å². The average molecular weight is 419 g/mol. The van der Waals surface area contributed by atoms with Crippen molar-refractivity contribution >= 4 is 24.8 Å². The molecular weight excluding hydrogens is 397 g/mol. The molecule has 156 valence electrons. The summed E-state index contributed by atoms with van der Waals surface area (Å²) in [5.74, 6) is 0.0958. The predicted molar refractivity (Wildman–Crippen MR) is 94.1 cm³/mol. The molecule has 0 amide bonds. The monoisotopic (exact) mass is 419 g/mol. The number of nitrogens with two attached hydrogens (primary N) is 1. The second-order valence-electron chi connectivity index (χ2n) is 6.23. The average Bonchev–Trinajstić information content (AvgIpc) is 3.12. The van der Waals surface area contributed by atoms with Gasteiger partial charge in [-0.1, -0.05) is 13.3 Å². The molecule has 2 aromatic rings. The van der Waals surface area contributed by atoms with Crippen molar-refractivity contribution in [1.82, 2.24) is 19.5 Å². The summed E-state index contributed by atoms with van der Waals surface area (Å²) in [6.45, 7) is 1.69. The van der Waals surface area contributed by atoms with E-state index in [1.165, 1.54) is 10.9 Å². The van der Waals surface area contributed by atoms with Crippen LogP contribution in [0.15, 0.2) is 6.33 Å². The lowest BCUT2D eigenvalue weighted by atomic mass is 10.1. The minimum atomic E-state index is -4.77. The Morgan fingerprint density at radius 2 is 2.07 bits per heavy atom. The first-order valence-corrected chi connectivity index (χ1v) is 10.1. The van der Waals surface area contributed by atoms with Crippen LogP contribution in [-0.2, 0) is 13.8 Å². The summed E-state index contributed by atoms with van der Waals surface area (Å²) in [5, 5.41) is 20.7. The van der Waals surface area contributed by atoms with Crippen molar-refractivity contribution in [3.05, 3.63) is 6.33 Å². The number of aromatic nitrogens is 4. The molecule has 28 heavy (non-hydrogen) atoms. The normalized spacial score (nSPS) is 25.5. The number of rotatable bonds is 8. The maximum absolute atomic E-state index is 10.9. The summed E-state index contributed by atoms with van der Waals surface area (Å²) in [6.07, 6.45) is -2.50. The topological polar surface area (TPSA) is 195 Å². The van der Waals surface area contributed by atoms with Crippen molar-refractivity contribution in [2.45, 2.75) is 44.3 Å². The Balaban J connectivity index is 1.93. The predicted octanol–water partition coefficient (Wildman–Crippen LogP) is -0.684. The van der Waals surface area contributed by atoms with E-state index in [-0.39, 0.29) is 23.0 Å². The fourth-order valence-corrected chi connectivity index (χ4v) is 3.14. The molecule has 1 fully saturated rings. The number of hydrogen-bond donors (Lipinski definition) is 5. The maximum atomic E-state index is 10.9. The number of aliphatic hydroxyl groups is 2. The lowest BCUT2D eigenvalue weighted by molar-refractivity contribution is -0.0536. The van der Waals surface area contributed by atoms with Crippen molar-refractivity contribution < 1.29 is 38.6 Å². The molecule has 0 aromatic carbocycles. The second-order valence-corrected chi connectivity index (χ2v) is 7.47. The van der Waals surface area contributed by atoms with Crippen LogP contribution in [0.1, 0.15) is 26.0 Å². The molecule has 1 aliphatic heterocycles. The number of ether oxygens (including phenoxy) is 2. The van der Waals surface area contributed by atoms with Gasteiger partial charge < -0.3 is 35.2 Å². The van der Waals surface area contributed by atoms with Crippen molar-refractivity contribution in [2.75, 3.05) is 18.9 Å². The Labute approximate surface area is 159 Å². The van der Waals surface area contributed by atoms with Gasteiger partial charge in [-0.3, -0.25) is 4.52 Å². The molecule has 2 aromatic heterocycles. The lowest BCUT2D eigenvalue weighted by Gasteiger charge is -2.19. The summed E-state index contributed by atoms with van der Waals surface area (Å²) in [6, 6.07) is 0.0588. The Morgan fingerprint density at radius 1 is 1.32 bits per heavy atom. The van der Waals surface area contributed by atoms with Crippen LogP contribution >= 0.6 is 7.82 Å². The van der Waals surface area contributed by atoms with Gasteiger partial charge >= 0.3 is 13.8 Å². The van der Waals surface area contributed by atoms with Crippen molar-refractivity contribution in [3.63, 3.8) is 0 Å². The van der Waals surface area contributed by atoms with Gasteiger partial charge in [0.25, 0.3) is 0 Å². The van der Waals surface area contributed by atoms with E-state index >= 15 is 0 Å². The number of phosphoric acid groups is 1.